The Balaban J connectivity index is 0.000000217. The first kappa shape index (κ1) is 16.1. The van der Waals surface area contributed by atoms with Gasteiger partial charge in [0.15, 0.2) is 0 Å². The standard InChI is InChI=1S/C8H8FNO2.C6H5BrO/c1-5-3-7(10(11)12)4-6(2)8(5)9;7-5-3-1-2-4-6(5)8/h3-4H,1-2H3;1-4,8H. The molecule has 20 heavy (non-hydrogen) atoms. The first-order valence-electron chi connectivity index (χ1n) is 5.67. The highest BCUT2D eigenvalue weighted by Gasteiger charge is 2.10. The Bertz CT molecular complexity index is 588. The van der Waals surface area contributed by atoms with Gasteiger partial charge in [-0.15, -0.1) is 0 Å². The smallest absolute Gasteiger partial charge is 0.270 e. The molecular weight excluding hydrogens is 329 g/mol. The molecule has 2 aromatic carbocycles. The van der Waals surface area contributed by atoms with E-state index in [9.17, 15) is 14.5 Å². The summed E-state index contributed by atoms with van der Waals surface area (Å²) in [7, 11) is 0. The first-order valence-corrected chi connectivity index (χ1v) is 6.47. The molecule has 0 aliphatic carbocycles. The zero-order valence-corrected chi connectivity index (χ0v) is 12.5. The summed E-state index contributed by atoms with van der Waals surface area (Å²) in [6.07, 6.45) is 0. The van der Waals surface area contributed by atoms with Crippen LogP contribution < -0.4 is 0 Å². The highest BCUT2D eigenvalue weighted by molar-refractivity contribution is 9.10. The van der Waals surface area contributed by atoms with Crippen LogP contribution in [0, 0.1) is 29.8 Å². The van der Waals surface area contributed by atoms with Crippen LogP contribution in [0.2, 0.25) is 0 Å². The van der Waals surface area contributed by atoms with E-state index in [4.69, 9.17) is 5.11 Å². The Morgan fingerprint density at radius 2 is 1.70 bits per heavy atom. The van der Waals surface area contributed by atoms with Crippen molar-refractivity contribution < 1.29 is 14.4 Å². The van der Waals surface area contributed by atoms with Crippen LogP contribution in [0.4, 0.5) is 10.1 Å². The monoisotopic (exact) mass is 341 g/mol. The second kappa shape index (κ2) is 7.00. The predicted molar refractivity (Wildman–Crippen MR) is 78.3 cm³/mol. The van der Waals surface area contributed by atoms with Gasteiger partial charge in [0.05, 0.1) is 9.40 Å². The van der Waals surface area contributed by atoms with E-state index in [2.05, 4.69) is 15.9 Å². The van der Waals surface area contributed by atoms with Crippen LogP contribution in [-0.2, 0) is 0 Å². The number of hydrogen-bond acceptors (Lipinski definition) is 3. The van der Waals surface area contributed by atoms with Gasteiger partial charge in [0, 0.05) is 12.1 Å². The van der Waals surface area contributed by atoms with Gasteiger partial charge in [0.2, 0.25) is 0 Å². The minimum absolute atomic E-state index is 0.0635. The van der Waals surface area contributed by atoms with Gasteiger partial charge in [-0.3, -0.25) is 10.1 Å². The number of rotatable bonds is 1. The molecule has 0 radical (unpaired) electrons. The third kappa shape index (κ3) is 4.31. The van der Waals surface area contributed by atoms with Gasteiger partial charge < -0.3 is 5.11 Å². The molecule has 0 fully saturated rings. The van der Waals surface area contributed by atoms with E-state index in [0.29, 0.717) is 11.1 Å². The van der Waals surface area contributed by atoms with Crippen molar-refractivity contribution >= 4 is 21.6 Å². The lowest BCUT2D eigenvalue weighted by atomic mass is 10.1. The number of nitro benzene ring substituents is 1. The Kier molecular flexibility index (Phi) is 5.64. The molecule has 0 atom stereocenters. The summed E-state index contributed by atoms with van der Waals surface area (Å²) in [5, 5.41) is 19.2. The van der Waals surface area contributed by atoms with E-state index in [1.807, 2.05) is 6.07 Å². The molecule has 0 heterocycles. The van der Waals surface area contributed by atoms with Crippen molar-refractivity contribution in [2.75, 3.05) is 0 Å². The predicted octanol–water partition coefficient (Wildman–Crippen LogP) is 4.51. The second-order valence-electron chi connectivity index (χ2n) is 4.10. The second-order valence-corrected chi connectivity index (χ2v) is 4.96. The summed E-state index contributed by atoms with van der Waals surface area (Å²) in [5.41, 5.74) is 0.551. The zero-order valence-electron chi connectivity index (χ0n) is 10.9. The molecule has 0 aliphatic rings. The minimum atomic E-state index is -0.528. The SMILES string of the molecule is Cc1cc([N+](=O)[O-])cc(C)c1F.Oc1ccccc1Br. The maximum atomic E-state index is 13.0. The lowest BCUT2D eigenvalue weighted by molar-refractivity contribution is -0.385. The molecular formula is C14H13BrFNO3. The fourth-order valence-corrected chi connectivity index (χ4v) is 1.76. The third-order valence-electron chi connectivity index (χ3n) is 2.48. The average molecular weight is 342 g/mol. The molecule has 0 spiro atoms. The van der Waals surface area contributed by atoms with E-state index in [1.54, 1.807) is 18.2 Å². The van der Waals surface area contributed by atoms with E-state index >= 15 is 0 Å². The van der Waals surface area contributed by atoms with E-state index < -0.39 is 4.92 Å². The van der Waals surface area contributed by atoms with Gasteiger partial charge in [-0.25, -0.2) is 4.39 Å². The normalized spacial score (nSPS) is 9.60. The molecule has 2 rings (SSSR count). The number of hydrogen-bond donors (Lipinski definition) is 1. The molecule has 0 saturated heterocycles. The molecule has 0 bridgehead atoms. The lowest BCUT2D eigenvalue weighted by Crippen LogP contribution is -1.93. The highest BCUT2D eigenvalue weighted by atomic mass is 79.9. The fraction of sp³-hybridized carbons (Fsp3) is 0.143. The number of nitro groups is 1. The number of nitrogens with zero attached hydrogens (tertiary/aromatic N) is 1. The Morgan fingerprint density at radius 3 is 2.05 bits per heavy atom. The number of phenols is 1. The molecule has 2 aromatic rings. The number of para-hydroxylation sites is 1. The Morgan fingerprint density at radius 1 is 1.20 bits per heavy atom. The van der Waals surface area contributed by atoms with Gasteiger partial charge in [-0.1, -0.05) is 12.1 Å². The van der Waals surface area contributed by atoms with Crippen LogP contribution in [0.1, 0.15) is 11.1 Å². The quantitative estimate of drug-likeness (QED) is 0.613. The van der Waals surface area contributed by atoms with Crippen molar-refractivity contribution in [3.05, 3.63) is 67.9 Å². The first-order chi connectivity index (χ1) is 9.32. The fourth-order valence-electron chi connectivity index (χ4n) is 1.48. The number of phenolic OH excluding ortho intramolecular Hbond substituents is 1. The van der Waals surface area contributed by atoms with Crippen molar-refractivity contribution in [1.29, 1.82) is 0 Å². The highest BCUT2D eigenvalue weighted by Crippen LogP contribution is 2.21. The van der Waals surface area contributed by atoms with Crippen LogP contribution in [-0.4, -0.2) is 10.0 Å². The minimum Gasteiger partial charge on any atom is -0.507 e. The van der Waals surface area contributed by atoms with Crippen molar-refractivity contribution in [2.24, 2.45) is 0 Å². The lowest BCUT2D eigenvalue weighted by Gasteiger charge is -1.99. The van der Waals surface area contributed by atoms with Gasteiger partial charge in [-0.05, 0) is 53.0 Å². The zero-order chi connectivity index (χ0) is 15.3. The summed E-state index contributed by atoms with van der Waals surface area (Å²) < 4.78 is 13.7. The van der Waals surface area contributed by atoms with Crippen molar-refractivity contribution in [3.8, 4) is 5.75 Å². The van der Waals surface area contributed by atoms with Gasteiger partial charge in [-0.2, -0.15) is 0 Å². The summed E-state index contributed by atoms with van der Waals surface area (Å²) in [6, 6.07) is 9.49. The average Bonchev–Trinajstić information content (AvgIpc) is 2.39. The molecule has 4 nitrogen and oxygen atoms in total. The molecule has 106 valence electrons. The van der Waals surface area contributed by atoms with Gasteiger partial charge in [0.1, 0.15) is 11.6 Å². The van der Waals surface area contributed by atoms with Crippen molar-refractivity contribution in [2.45, 2.75) is 13.8 Å². The van der Waals surface area contributed by atoms with Gasteiger partial charge >= 0.3 is 0 Å². The third-order valence-corrected chi connectivity index (χ3v) is 3.16. The summed E-state index contributed by atoms with van der Waals surface area (Å²) in [4.78, 5) is 9.77. The molecule has 1 N–H and O–H groups in total. The summed E-state index contributed by atoms with van der Waals surface area (Å²) in [6.45, 7) is 3.02. The number of aromatic hydroxyl groups is 1. The molecule has 0 aromatic heterocycles. The molecule has 0 aliphatic heterocycles. The van der Waals surface area contributed by atoms with Crippen molar-refractivity contribution in [3.63, 3.8) is 0 Å². The molecule has 0 amide bonds. The maximum absolute atomic E-state index is 13.0. The number of non-ortho nitro benzene ring substituents is 1. The molecule has 0 unspecified atom stereocenters. The number of benzene rings is 2. The molecule has 0 saturated carbocycles. The maximum Gasteiger partial charge on any atom is 0.270 e. The Hall–Kier alpha value is -1.95. The van der Waals surface area contributed by atoms with Gasteiger partial charge in [0.25, 0.3) is 5.69 Å². The van der Waals surface area contributed by atoms with E-state index in [-0.39, 0.29) is 17.3 Å². The van der Waals surface area contributed by atoms with E-state index in [1.165, 1.54) is 26.0 Å². The van der Waals surface area contributed by atoms with Crippen molar-refractivity contribution in [1.82, 2.24) is 0 Å². The van der Waals surface area contributed by atoms with Crippen LogP contribution in [0.5, 0.6) is 5.75 Å². The number of halogens is 2. The largest absolute Gasteiger partial charge is 0.507 e. The topological polar surface area (TPSA) is 63.4 Å². The molecule has 6 heteroatoms. The summed E-state index contributed by atoms with van der Waals surface area (Å²) >= 11 is 3.15. The summed E-state index contributed by atoms with van der Waals surface area (Å²) in [5.74, 6) is -0.0897. The van der Waals surface area contributed by atoms with Crippen LogP contribution in [0.15, 0.2) is 40.9 Å². The van der Waals surface area contributed by atoms with Crippen LogP contribution in [0.3, 0.4) is 0 Å². The van der Waals surface area contributed by atoms with Crippen LogP contribution in [0.25, 0.3) is 0 Å². The van der Waals surface area contributed by atoms with Crippen LogP contribution >= 0.6 is 15.9 Å². The van der Waals surface area contributed by atoms with E-state index in [0.717, 1.165) is 4.47 Å². The Labute approximate surface area is 124 Å². The number of aryl methyl sites for hydroxylation is 2.